The first-order chi connectivity index (χ1) is 15.4. The molecule has 1 aromatic heterocycles. The average Bonchev–Trinajstić information content (AvgIpc) is 3.27. The summed E-state index contributed by atoms with van der Waals surface area (Å²) in [6.07, 6.45) is 1.43. The molecule has 0 spiro atoms. The van der Waals surface area contributed by atoms with Crippen molar-refractivity contribution in [2.24, 2.45) is 5.18 Å². The van der Waals surface area contributed by atoms with E-state index in [4.69, 9.17) is 9.47 Å². The summed E-state index contributed by atoms with van der Waals surface area (Å²) >= 11 is 0. The number of nitrogens with zero attached hydrogens (tertiary/aromatic N) is 2. The fourth-order valence-corrected chi connectivity index (χ4v) is 4.93. The van der Waals surface area contributed by atoms with E-state index in [9.17, 15) is 13.3 Å². The van der Waals surface area contributed by atoms with Crippen molar-refractivity contribution in [2.45, 2.75) is 11.8 Å². The van der Waals surface area contributed by atoms with Crippen molar-refractivity contribution in [1.82, 2.24) is 3.97 Å². The van der Waals surface area contributed by atoms with E-state index in [-0.39, 0.29) is 16.1 Å². The zero-order valence-corrected chi connectivity index (χ0v) is 18.5. The highest BCUT2D eigenvalue weighted by Crippen LogP contribution is 2.39. The van der Waals surface area contributed by atoms with Gasteiger partial charge in [0.1, 0.15) is 17.2 Å². The molecule has 164 valence electrons. The van der Waals surface area contributed by atoms with Crippen LogP contribution >= 0.6 is 0 Å². The van der Waals surface area contributed by atoms with Gasteiger partial charge in [0.2, 0.25) is 0 Å². The lowest BCUT2D eigenvalue weighted by Gasteiger charge is -2.14. The lowest BCUT2D eigenvalue weighted by atomic mass is 10.1. The van der Waals surface area contributed by atoms with E-state index in [2.05, 4.69) is 10.5 Å². The van der Waals surface area contributed by atoms with Crippen molar-refractivity contribution in [3.63, 3.8) is 0 Å². The van der Waals surface area contributed by atoms with Gasteiger partial charge in [-0.3, -0.25) is 0 Å². The maximum absolute atomic E-state index is 13.4. The summed E-state index contributed by atoms with van der Waals surface area (Å²) in [6, 6.07) is 16.6. The lowest BCUT2D eigenvalue weighted by molar-refractivity contribution is 0.414. The van der Waals surface area contributed by atoms with Crippen molar-refractivity contribution in [3.8, 4) is 11.5 Å². The first kappa shape index (κ1) is 21.4. The number of fused-ring (bicyclic) bond motifs is 1. The number of aryl methyl sites for hydroxylation is 1. The molecule has 0 amide bonds. The third-order valence-corrected chi connectivity index (χ3v) is 6.86. The molecule has 0 aliphatic rings. The topological polar surface area (TPSA) is 99.0 Å². The van der Waals surface area contributed by atoms with Gasteiger partial charge in [0.15, 0.2) is 0 Å². The van der Waals surface area contributed by atoms with Crippen LogP contribution in [-0.4, -0.2) is 26.6 Å². The number of nitroso groups, excluding NO2 is 1. The Hall–Kier alpha value is -3.85. The monoisotopic (exact) mass is 451 g/mol. The fourth-order valence-electron chi connectivity index (χ4n) is 3.57. The molecule has 0 saturated carbocycles. The largest absolute Gasteiger partial charge is 0.497 e. The number of methoxy groups -OCH3 is 2. The first-order valence-corrected chi connectivity index (χ1v) is 11.1. The molecule has 1 N–H and O–H groups in total. The van der Waals surface area contributed by atoms with E-state index in [1.54, 1.807) is 31.4 Å². The molecule has 8 nitrogen and oxygen atoms in total. The van der Waals surface area contributed by atoms with Crippen LogP contribution in [0.2, 0.25) is 0 Å². The maximum Gasteiger partial charge on any atom is 0.268 e. The second kappa shape index (κ2) is 8.35. The normalized spacial score (nSPS) is 11.3. The highest BCUT2D eigenvalue weighted by molar-refractivity contribution is 7.90. The molecule has 0 aliphatic heterocycles. The van der Waals surface area contributed by atoms with Crippen molar-refractivity contribution in [3.05, 3.63) is 77.3 Å². The second-order valence-electron chi connectivity index (χ2n) is 7.09. The van der Waals surface area contributed by atoms with E-state index in [0.29, 0.717) is 22.6 Å². The van der Waals surface area contributed by atoms with Crippen LogP contribution in [-0.2, 0) is 10.0 Å². The minimum absolute atomic E-state index is 0.0378. The number of nitrogens with one attached hydrogen (secondary N) is 1. The van der Waals surface area contributed by atoms with Gasteiger partial charge in [-0.05, 0) is 66.2 Å². The third kappa shape index (κ3) is 3.67. The number of anilines is 2. The van der Waals surface area contributed by atoms with Crippen molar-refractivity contribution in [1.29, 1.82) is 0 Å². The molecule has 4 aromatic rings. The SMILES string of the molecule is COc1ccc(S(=O)(=O)n2ccc3c(Nc4cccc(OC)c4)c(C)cc(N=O)c32)cc1. The van der Waals surface area contributed by atoms with Gasteiger partial charge in [-0.2, -0.15) is 0 Å². The number of hydrogen-bond donors (Lipinski definition) is 1. The van der Waals surface area contributed by atoms with E-state index in [1.807, 2.05) is 31.2 Å². The Balaban J connectivity index is 1.89. The minimum atomic E-state index is -3.98. The smallest absolute Gasteiger partial charge is 0.268 e. The van der Waals surface area contributed by atoms with Gasteiger partial charge in [0.25, 0.3) is 10.0 Å². The molecular formula is C23H21N3O5S. The summed E-state index contributed by atoms with van der Waals surface area (Å²) in [5.74, 6) is 1.21. The Morgan fingerprint density at radius 1 is 0.938 bits per heavy atom. The molecule has 32 heavy (non-hydrogen) atoms. The molecule has 0 atom stereocenters. The molecule has 1 heterocycles. The average molecular weight is 452 g/mol. The van der Waals surface area contributed by atoms with Crippen molar-refractivity contribution < 1.29 is 17.9 Å². The molecular weight excluding hydrogens is 430 g/mol. The fraction of sp³-hybridized carbons (Fsp3) is 0.130. The molecule has 0 saturated heterocycles. The van der Waals surface area contributed by atoms with Gasteiger partial charge in [0, 0.05) is 23.3 Å². The Kier molecular flexibility index (Phi) is 5.58. The van der Waals surface area contributed by atoms with Gasteiger partial charge in [-0.15, -0.1) is 4.91 Å². The Bertz CT molecular complexity index is 1410. The number of benzene rings is 3. The minimum Gasteiger partial charge on any atom is -0.497 e. The van der Waals surface area contributed by atoms with Crippen molar-refractivity contribution in [2.75, 3.05) is 19.5 Å². The molecule has 0 aliphatic carbocycles. The second-order valence-corrected chi connectivity index (χ2v) is 8.91. The Morgan fingerprint density at radius 2 is 1.66 bits per heavy atom. The number of ether oxygens (including phenoxy) is 2. The highest BCUT2D eigenvalue weighted by Gasteiger charge is 2.23. The first-order valence-electron chi connectivity index (χ1n) is 9.67. The zero-order valence-electron chi connectivity index (χ0n) is 17.7. The highest BCUT2D eigenvalue weighted by atomic mass is 32.2. The van der Waals surface area contributed by atoms with E-state index >= 15 is 0 Å². The van der Waals surface area contributed by atoms with Crippen LogP contribution in [0.25, 0.3) is 10.9 Å². The molecule has 0 fully saturated rings. The van der Waals surface area contributed by atoms with Crippen molar-refractivity contribution >= 4 is 38.0 Å². The van der Waals surface area contributed by atoms with Crippen LogP contribution in [0.4, 0.5) is 17.1 Å². The molecule has 0 unspecified atom stereocenters. The van der Waals surface area contributed by atoms with Crippen LogP contribution in [0.1, 0.15) is 5.56 Å². The van der Waals surface area contributed by atoms with Gasteiger partial charge in [-0.25, -0.2) is 12.4 Å². The summed E-state index contributed by atoms with van der Waals surface area (Å²) in [6.45, 7) is 1.83. The molecule has 4 rings (SSSR count). The van der Waals surface area contributed by atoms with Crippen LogP contribution < -0.4 is 14.8 Å². The van der Waals surface area contributed by atoms with Gasteiger partial charge in [0.05, 0.1) is 30.3 Å². The predicted octanol–water partition coefficient (Wildman–Crippen LogP) is 5.35. The molecule has 0 bridgehead atoms. The predicted molar refractivity (Wildman–Crippen MR) is 124 cm³/mol. The van der Waals surface area contributed by atoms with E-state index < -0.39 is 10.0 Å². The summed E-state index contributed by atoms with van der Waals surface area (Å²) in [5, 5.41) is 6.97. The van der Waals surface area contributed by atoms with Crippen LogP contribution in [0.5, 0.6) is 11.5 Å². The standard InChI is InChI=1S/C23H21N3O5S/c1-15-13-21(25-27)23-20(22(15)24-16-5-4-6-18(14-16)31-3)11-12-26(23)32(28,29)19-9-7-17(30-2)8-10-19/h4-14,24H,1-3H3. The van der Waals surface area contributed by atoms with E-state index in [0.717, 1.165) is 15.2 Å². The molecule has 0 radical (unpaired) electrons. The lowest BCUT2D eigenvalue weighted by Crippen LogP contribution is -2.12. The number of hydrogen-bond acceptors (Lipinski definition) is 7. The Labute approximate surface area is 185 Å². The van der Waals surface area contributed by atoms with Gasteiger partial charge >= 0.3 is 0 Å². The summed E-state index contributed by atoms with van der Waals surface area (Å²) < 4.78 is 38.2. The van der Waals surface area contributed by atoms with E-state index in [1.165, 1.54) is 25.4 Å². The quantitative estimate of drug-likeness (QED) is 0.381. The zero-order chi connectivity index (χ0) is 22.9. The summed E-state index contributed by atoms with van der Waals surface area (Å²) in [7, 11) is -0.894. The Morgan fingerprint density at radius 3 is 2.31 bits per heavy atom. The molecule has 9 heteroatoms. The van der Waals surface area contributed by atoms with Crippen LogP contribution in [0.3, 0.4) is 0 Å². The third-order valence-electron chi connectivity index (χ3n) is 5.17. The van der Waals surface area contributed by atoms with Crippen LogP contribution in [0, 0.1) is 11.8 Å². The van der Waals surface area contributed by atoms with Gasteiger partial charge in [-0.1, -0.05) is 6.07 Å². The van der Waals surface area contributed by atoms with Crippen LogP contribution in [0.15, 0.2) is 76.9 Å². The number of aromatic nitrogens is 1. The summed E-state index contributed by atoms with van der Waals surface area (Å²) in [4.78, 5) is 11.7. The van der Waals surface area contributed by atoms with Gasteiger partial charge < -0.3 is 14.8 Å². The maximum atomic E-state index is 13.4. The molecule has 3 aromatic carbocycles. The summed E-state index contributed by atoms with van der Waals surface area (Å²) in [5.41, 5.74) is 2.41. The number of rotatable bonds is 7.